The Bertz CT molecular complexity index is 1050. The summed E-state index contributed by atoms with van der Waals surface area (Å²) in [5, 5.41) is 6.42. The molecule has 0 bridgehead atoms. The van der Waals surface area contributed by atoms with Gasteiger partial charge in [0.2, 0.25) is 9.84 Å². The van der Waals surface area contributed by atoms with Gasteiger partial charge in [0.1, 0.15) is 0 Å². The SMILES string of the molecule is O=S(=O)(c1ccc(NCn2ccnc2)cc1)c1ccc(NCn2ccnc2)cc1. The number of nitrogens with zero attached hydrogens (tertiary/aromatic N) is 4. The summed E-state index contributed by atoms with van der Waals surface area (Å²) in [6, 6.07) is 13.5. The van der Waals surface area contributed by atoms with E-state index in [1.807, 2.05) is 21.5 Å². The molecule has 0 aliphatic heterocycles. The minimum absolute atomic E-state index is 0.254. The Labute approximate surface area is 168 Å². The highest BCUT2D eigenvalue weighted by Crippen LogP contribution is 2.23. The lowest BCUT2D eigenvalue weighted by atomic mass is 10.3. The summed E-state index contributed by atoms with van der Waals surface area (Å²) < 4.78 is 29.5. The van der Waals surface area contributed by atoms with Crippen LogP contribution >= 0.6 is 0 Å². The van der Waals surface area contributed by atoms with Crippen molar-refractivity contribution in [2.24, 2.45) is 0 Å². The van der Waals surface area contributed by atoms with Gasteiger partial charge in [0.15, 0.2) is 0 Å². The topological polar surface area (TPSA) is 93.8 Å². The van der Waals surface area contributed by atoms with Gasteiger partial charge in [0.05, 0.1) is 35.8 Å². The molecule has 2 N–H and O–H groups in total. The van der Waals surface area contributed by atoms with Crippen molar-refractivity contribution >= 4 is 21.2 Å². The fraction of sp³-hybridized carbons (Fsp3) is 0.100. The predicted octanol–water partition coefficient (Wildman–Crippen LogP) is 3.05. The van der Waals surface area contributed by atoms with E-state index in [0.29, 0.717) is 13.3 Å². The van der Waals surface area contributed by atoms with E-state index in [4.69, 9.17) is 0 Å². The predicted molar refractivity (Wildman–Crippen MR) is 110 cm³/mol. The van der Waals surface area contributed by atoms with Crippen LogP contribution in [0.15, 0.2) is 95.8 Å². The first-order valence-corrected chi connectivity index (χ1v) is 10.4. The molecule has 0 spiro atoms. The number of rotatable bonds is 8. The van der Waals surface area contributed by atoms with Crippen molar-refractivity contribution in [1.82, 2.24) is 19.1 Å². The number of hydrogen-bond acceptors (Lipinski definition) is 6. The highest BCUT2D eigenvalue weighted by Gasteiger charge is 2.17. The minimum Gasteiger partial charge on any atom is -0.367 e. The summed E-state index contributed by atoms with van der Waals surface area (Å²) in [6.45, 7) is 1.11. The zero-order chi connectivity index (χ0) is 20.1. The van der Waals surface area contributed by atoms with Gasteiger partial charge >= 0.3 is 0 Å². The van der Waals surface area contributed by atoms with Crippen molar-refractivity contribution in [3.05, 3.63) is 86.0 Å². The molecule has 0 saturated carbocycles. The maximum Gasteiger partial charge on any atom is 0.206 e. The van der Waals surface area contributed by atoms with E-state index in [2.05, 4.69) is 20.6 Å². The van der Waals surface area contributed by atoms with E-state index in [0.717, 1.165) is 11.4 Å². The second-order valence-corrected chi connectivity index (χ2v) is 8.33. The van der Waals surface area contributed by atoms with Gasteiger partial charge in [-0.15, -0.1) is 0 Å². The molecular weight excluding hydrogens is 388 g/mol. The molecule has 2 aromatic heterocycles. The van der Waals surface area contributed by atoms with Crippen molar-refractivity contribution in [1.29, 1.82) is 0 Å². The highest BCUT2D eigenvalue weighted by molar-refractivity contribution is 7.91. The van der Waals surface area contributed by atoms with Gasteiger partial charge in [0.25, 0.3) is 0 Å². The van der Waals surface area contributed by atoms with Gasteiger partial charge < -0.3 is 19.8 Å². The van der Waals surface area contributed by atoms with E-state index in [1.54, 1.807) is 73.6 Å². The Balaban J connectivity index is 1.41. The molecule has 4 rings (SSSR count). The van der Waals surface area contributed by atoms with Crippen LogP contribution in [-0.2, 0) is 23.2 Å². The zero-order valence-corrected chi connectivity index (χ0v) is 16.3. The molecule has 0 unspecified atom stereocenters. The molecule has 0 amide bonds. The van der Waals surface area contributed by atoms with Gasteiger partial charge in [-0.25, -0.2) is 18.4 Å². The lowest BCUT2D eigenvalue weighted by Crippen LogP contribution is -2.07. The van der Waals surface area contributed by atoms with E-state index >= 15 is 0 Å². The molecule has 0 fully saturated rings. The number of aromatic nitrogens is 4. The van der Waals surface area contributed by atoms with E-state index < -0.39 is 9.84 Å². The fourth-order valence-corrected chi connectivity index (χ4v) is 4.03. The monoisotopic (exact) mass is 408 g/mol. The Morgan fingerprint density at radius 3 is 1.45 bits per heavy atom. The molecule has 4 aromatic rings. The number of nitrogens with one attached hydrogen (secondary N) is 2. The molecule has 9 heteroatoms. The average Bonchev–Trinajstić information content (AvgIpc) is 3.45. The van der Waals surface area contributed by atoms with Crippen molar-refractivity contribution in [3.8, 4) is 0 Å². The van der Waals surface area contributed by atoms with Crippen molar-refractivity contribution < 1.29 is 8.42 Å². The minimum atomic E-state index is -3.57. The Kier molecular flexibility index (Phi) is 5.30. The summed E-state index contributed by atoms with van der Waals surface area (Å²) in [5.74, 6) is 0. The normalized spacial score (nSPS) is 11.3. The molecule has 0 radical (unpaired) electrons. The van der Waals surface area contributed by atoms with Crippen LogP contribution in [0.1, 0.15) is 0 Å². The maximum atomic E-state index is 12.9. The van der Waals surface area contributed by atoms with Crippen LogP contribution < -0.4 is 10.6 Å². The second kappa shape index (κ2) is 8.19. The summed E-state index contributed by atoms with van der Waals surface area (Å²) >= 11 is 0. The maximum absolute atomic E-state index is 12.9. The number of imidazole rings is 2. The molecule has 0 atom stereocenters. The Morgan fingerprint density at radius 2 is 1.10 bits per heavy atom. The van der Waals surface area contributed by atoms with Crippen LogP contribution in [0.25, 0.3) is 0 Å². The molecule has 29 heavy (non-hydrogen) atoms. The van der Waals surface area contributed by atoms with E-state index in [9.17, 15) is 8.42 Å². The first-order valence-electron chi connectivity index (χ1n) is 8.96. The quantitative estimate of drug-likeness (QED) is 0.465. The molecule has 0 saturated heterocycles. The fourth-order valence-electron chi connectivity index (χ4n) is 2.77. The lowest BCUT2D eigenvalue weighted by Gasteiger charge is -2.10. The molecule has 2 aromatic carbocycles. The van der Waals surface area contributed by atoms with Crippen LogP contribution in [0.5, 0.6) is 0 Å². The molecule has 2 heterocycles. The molecule has 0 aliphatic rings. The highest BCUT2D eigenvalue weighted by atomic mass is 32.2. The van der Waals surface area contributed by atoms with Gasteiger partial charge in [-0.3, -0.25) is 0 Å². The molecular formula is C20H20N6O2S. The van der Waals surface area contributed by atoms with Crippen LogP contribution in [0, 0.1) is 0 Å². The van der Waals surface area contributed by atoms with Crippen LogP contribution in [0.2, 0.25) is 0 Å². The zero-order valence-electron chi connectivity index (χ0n) is 15.5. The first-order chi connectivity index (χ1) is 14.1. The number of hydrogen-bond donors (Lipinski definition) is 2. The third-order valence-corrected chi connectivity index (χ3v) is 6.16. The molecule has 148 valence electrons. The first kappa shape index (κ1) is 18.8. The summed E-state index contributed by atoms with van der Waals surface area (Å²) in [7, 11) is -3.57. The smallest absolute Gasteiger partial charge is 0.206 e. The lowest BCUT2D eigenvalue weighted by molar-refractivity contribution is 0.596. The number of benzene rings is 2. The molecule has 0 aliphatic carbocycles. The number of sulfone groups is 1. The van der Waals surface area contributed by atoms with E-state index in [-0.39, 0.29) is 9.79 Å². The molecule has 8 nitrogen and oxygen atoms in total. The van der Waals surface area contributed by atoms with Gasteiger partial charge in [-0.05, 0) is 48.5 Å². The Morgan fingerprint density at radius 1 is 0.690 bits per heavy atom. The van der Waals surface area contributed by atoms with Gasteiger partial charge in [0, 0.05) is 36.2 Å². The van der Waals surface area contributed by atoms with Crippen molar-refractivity contribution in [2.75, 3.05) is 10.6 Å². The Hall–Kier alpha value is -3.59. The standard InChI is InChI=1S/C20H20N6O2S/c27-29(28,19-5-1-17(2-6-19)23-15-25-11-9-21-13-25)20-7-3-18(4-8-20)24-16-26-12-10-22-14-26/h1-14,23-24H,15-16H2. The van der Waals surface area contributed by atoms with Crippen molar-refractivity contribution in [3.63, 3.8) is 0 Å². The average molecular weight is 408 g/mol. The van der Waals surface area contributed by atoms with Crippen LogP contribution in [0.4, 0.5) is 11.4 Å². The largest absolute Gasteiger partial charge is 0.367 e. The third-order valence-electron chi connectivity index (χ3n) is 4.38. The van der Waals surface area contributed by atoms with Crippen molar-refractivity contribution in [2.45, 2.75) is 23.1 Å². The third kappa shape index (κ3) is 4.46. The number of anilines is 2. The van der Waals surface area contributed by atoms with Gasteiger partial charge in [-0.2, -0.15) is 0 Å². The summed E-state index contributed by atoms with van der Waals surface area (Å²) in [5.41, 5.74) is 1.66. The second-order valence-electron chi connectivity index (χ2n) is 6.38. The van der Waals surface area contributed by atoms with E-state index in [1.165, 1.54) is 0 Å². The van der Waals surface area contributed by atoms with Crippen LogP contribution in [-0.4, -0.2) is 27.5 Å². The van der Waals surface area contributed by atoms with Gasteiger partial charge in [-0.1, -0.05) is 0 Å². The van der Waals surface area contributed by atoms with Crippen LogP contribution in [0.3, 0.4) is 0 Å². The summed E-state index contributed by atoms with van der Waals surface area (Å²) in [6.07, 6.45) is 10.5. The summed E-state index contributed by atoms with van der Waals surface area (Å²) in [4.78, 5) is 8.47.